The third-order valence-electron chi connectivity index (χ3n) is 2.02. The number of esters is 1. The number of hydrogen-bond donors (Lipinski definition) is 0. The third kappa shape index (κ3) is 3.50. The number of carbonyl (C=O) groups excluding carboxylic acids is 2. The third-order valence-corrected chi connectivity index (χ3v) is 2.02. The Balaban J connectivity index is 2.94. The molecule has 3 nitrogen and oxygen atoms in total. The summed E-state index contributed by atoms with van der Waals surface area (Å²) >= 11 is 0. The topological polar surface area (TPSA) is 43.4 Å². The van der Waals surface area contributed by atoms with Gasteiger partial charge < -0.3 is 4.74 Å². The van der Waals surface area contributed by atoms with Gasteiger partial charge in [-0.15, -0.1) is 0 Å². The van der Waals surface area contributed by atoms with Crippen LogP contribution < -0.4 is 0 Å². The van der Waals surface area contributed by atoms with Gasteiger partial charge in [0.2, 0.25) is 0 Å². The maximum absolute atomic E-state index is 11.7. The molecule has 0 radical (unpaired) electrons. The van der Waals surface area contributed by atoms with Gasteiger partial charge in [0.15, 0.2) is 0 Å². The summed E-state index contributed by atoms with van der Waals surface area (Å²) in [6.07, 6.45) is 0.112. The number of rotatable bonds is 4. The van der Waals surface area contributed by atoms with Crippen LogP contribution in [0.5, 0.6) is 0 Å². The SMILES string of the molecule is CC(=O)Cc1ccccc1C(=O)OC(C)C. The largest absolute Gasteiger partial charge is 0.459 e. The van der Waals surface area contributed by atoms with E-state index in [1.807, 2.05) is 6.07 Å². The molecule has 86 valence electrons. The Morgan fingerprint density at radius 3 is 2.44 bits per heavy atom. The summed E-state index contributed by atoms with van der Waals surface area (Å²) in [7, 11) is 0. The first-order valence-corrected chi connectivity index (χ1v) is 5.29. The predicted octanol–water partition coefficient (Wildman–Crippen LogP) is 2.38. The van der Waals surface area contributed by atoms with Gasteiger partial charge in [-0.25, -0.2) is 4.79 Å². The smallest absolute Gasteiger partial charge is 0.338 e. The van der Waals surface area contributed by atoms with Gasteiger partial charge in [-0.2, -0.15) is 0 Å². The van der Waals surface area contributed by atoms with E-state index in [0.29, 0.717) is 5.56 Å². The molecular formula is C13H16O3. The lowest BCUT2D eigenvalue weighted by Gasteiger charge is -2.10. The molecule has 0 aromatic heterocycles. The minimum absolute atomic E-state index is 0.0322. The number of carbonyl (C=O) groups is 2. The lowest BCUT2D eigenvalue weighted by Crippen LogP contribution is -2.14. The van der Waals surface area contributed by atoms with E-state index in [1.54, 1.807) is 32.0 Å². The Morgan fingerprint density at radius 1 is 1.25 bits per heavy atom. The zero-order valence-electron chi connectivity index (χ0n) is 9.82. The standard InChI is InChI=1S/C13H16O3/c1-9(2)16-13(15)12-7-5-4-6-11(12)8-10(3)14/h4-7,9H,8H2,1-3H3. The molecule has 3 heteroatoms. The molecule has 0 aliphatic rings. The van der Waals surface area contributed by atoms with E-state index < -0.39 is 0 Å². The molecule has 0 aliphatic heterocycles. The highest BCUT2D eigenvalue weighted by Gasteiger charge is 2.14. The molecule has 1 rings (SSSR count). The van der Waals surface area contributed by atoms with Gasteiger partial charge in [-0.3, -0.25) is 4.79 Å². The van der Waals surface area contributed by atoms with E-state index in [4.69, 9.17) is 4.74 Å². The van der Waals surface area contributed by atoms with Crippen molar-refractivity contribution in [2.45, 2.75) is 33.3 Å². The first-order chi connectivity index (χ1) is 7.50. The fourth-order valence-corrected chi connectivity index (χ4v) is 1.42. The maximum Gasteiger partial charge on any atom is 0.338 e. The van der Waals surface area contributed by atoms with Crippen molar-refractivity contribution in [3.63, 3.8) is 0 Å². The summed E-state index contributed by atoms with van der Waals surface area (Å²) in [6, 6.07) is 7.03. The molecule has 0 atom stereocenters. The van der Waals surface area contributed by atoms with Gasteiger partial charge in [0.1, 0.15) is 5.78 Å². The molecule has 16 heavy (non-hydrogen) atoms. The zero-order valence-corrected chi connectivity index (χ0v) is 9.82. The quantitative estimate of drug-likeness (QED) is 0.732. The molecule has 0 N–H and O–H groups in total. The van der Waals surface area contributed by atoms with Crippen molar-refractivity contribution in [3.05, 3.63) is 35.4 Å². The Hall–Kier alpha value is -1.64. The Bertz CT molecular complexity index is 394. The summed E-state index contributed by atoms with van der Waals surface area (Å²) in [5.41, 5.74) is 1.20. The number of ketones is 1. The molecule has 1 aromatic carbocycles. The van der Waals surface area contributed by atoms with E-state index >= 15 is 0 Å². The molecule has 0 saturated heterocycles. The van der Waals surface area contributed by atoms with Crippen LogP contribution in [-0.2, 0) is 16.0 Å². The fraction of sp³-hybridized carbons (Fsp3) is 0.385. The van der Waals surface area contributed by atoms with Crippen LogP contribution in [0.1, 0.15) is 36.7 Å². The second-order valence-electron chi connectivity index (χ2n) is 3.99. The monoisotopic (exact) mass is 220 g/mol. The molecule has 0 bridgehead atoms. The zero-order chi connectivity index (χ0) is 12.1. The normalized spacial score (nSPS) is 10.2. The summed E-state index contributed by atoms with van der Waals surface area (Å²) < 4.78 is 5.11. The van der Waals surface area contributed by atoms with Gasteiger partial charge in [0.05, 0.1) is 11.7 Å². The first-order valence-electron chi connectivity index (χ1n) is 5.29. The highest BCUT2D eigenvalue weighted by Crippen LogP contribution is 2.12. The lowest BCUT2D eigenvalue weighted by molar-refractivity contribution is -0.116. The summed E-state index contributed by atoms with van der Waals surface area (Å²) in [5.74, 6) is -0.336. The van der Waals surface area contributed by atoms with Gasteiger partial charge in [0.25, 0.3) is 0 Å². The van der Waals surface area contributed by atoms with Crippen molar-refractivity contribution in [2.24, 2.45) is 0 Å². The summed E-state index contributed by atoms with van der Waals surface area (Å²) in [5, 5.41) is 0. The van der Waals surface area contributed by atoms with Crippen LogP contribution in [0.4, 0.5) is 0 Å². The van der Waals surface area contributed by atoms with E-state index in [1.165, 1.54) is 6.92 Å². The van der Waals surface area contributed by atoms with Crippen molar-refractivity contribution in [2.75, 3.05) is 0 Å². The van der Waals surface area contributed by atoms with Gasteiger partial charge in [-0.1, -0.05) is 18.2 Å². The molecule has 0 fully saturated rings. The maximum atomic E-state index is 11.7. The van der Waals surface area contributed by atoms with Crippen molar-refractivity contribution >= 4 is 11.8 Å². The molecular weight excluding hydrogens is 204 g/mol. The molecule has 0 spiro atoms. The molecule has 0 heterocycles. The molecule has 1 aromatic rings. The van der Waals surface area contributed by atoms with Crippen molar-refractivity contribution in [1.29, 1.82) is 0 Å². The molecule has 0 aliphatic carbocycles. The van der Waals surface area contributed by atoms with Crippen LogP contribution in [0.2, 0.25) is 0 Å². The van der Waals surface area contributed by atoms with Gasteiger partial charge >= 0.3 is 5.97 Å². The van der Waals surface area contributed by atoms with Crippen LogP contribution in [-0.4, -0.2) is 17.9 Å². The molecule has 0 amide bonds. The highest BCUT2D eigenvalue weighted by molar-refractivity contribution is 5.93. The van der Waals surface area contributed by atoms with E-state index in [2.05, 4.69) is 0 Å². The highest BCUT2D eigenvalue weighted by atomic mass is 16.5. The second kappa shape index (κ2) is 5.45. The van der Waals surface area contributed by atoms with Gasteiger partial charge in [-0.05, 0) is 32.4 Å². The summed E-state index contributed by atoms with van der Waals surface area (Å²) in [6.45, 7) is 5.10. The van der Waals surface area contributed by atoms with Crippen LogP contribution in [0.15, 0.2) is 24.3 Å². The average molecular weight is 220 g/mol. The number of ether oxygens (including phenoxy) is 1. The Kier molecular flexibility index (Phi) is 4.23. The first kappa shape index (κ1) is 12.4. The predicted molar refractivity (Wildman–Crippen MR) is 61.4 cm³/mol. The Labute approximate surface area is 95.4 Å². The van der Waals surface area contributed by atoms with Crippen LogP contribution in [0.3, 0.4) is 0 Å². The number of hydrogen-bond acceptors (Lipinski definition) is 3. The minimum Gasteiger partial charge on any atom is -0.459 e. The van der Waals surface area contributed by atoms with Crippen molar-refractivity contribution in [1.82, 2.24) is 0 Å². The van der Waals surface area contributed by atoms with Gasteiger partial charge in [0, 0.05) is 6.42 Å². The number of benzene rings is 1. The van der Waals surface area contributed by atoms with Crippen LogP contribution in [0.25, 0.3) is 0 Å². The van der Waals surface area contributed by atoms with E-state index in [0.717, 1.165) is 5.56 Å². The van der Waals surface area contributed by atoms with E-state index in [-0.39, 0.29) is 24.3 Å². The van der Waals surface area contributed by atoms with Crippen molar-refractivity contribution < 1.29 is 14.3 Å². The second-order valence-corrected chi connectivity index (χ2v) is 3.99. The lowest BCUT2D eigenvalue weighted by atomic mass is 10.0. The van der Waals surface area contributed by atoms with Crippen LogP contribution >= 0.6 is 0 Å². The molecule has 0 unspecified atom stereocenters. The Morgan fingerprint density at radius 2 is 1.88 bits per heavy atom. The van der Waals surface area contributed by atoms with Crippen molar-refractivity contribution in [3.8, 4) is 0 Å². The number of Topliss-reactive ketones (excluding diaryl/α,β-unsaturated/α-hetero) is 1. The minimum atomic E-state index is -0.369. The average Bonchev–Trinajstić information content (AvgIpc) is 2.16. The molecule has 0 saturated carbocycles. The summed E-state index contributed by atoms with van der Waals surface area (Å²) in [4.78, 5) is 22.8. The van der Waals surface area contributed by atoms with E-state index in [9.17, 15) is 9.59 Å². The fourth-order valence-electron chi connectivity index (χ4n) is 1.42. The van der Waals surface area contributed by atoms with Crippen LogP contribution in [0, 0.1) is 0 Å².